The Kier molecular flexibility index (Phi) is 6.93. The molecule has 0 spiro atoms. The fourth-order valence-corrected chi connectivity index (χ4v) is 5.81. The van der Waals surface area contributed by atoms with E-state index in [4.69, 9.17) is 23.2 Å². The minimum atomic E-state index is -3.18. The Bertz CT molecular complexity index is 812. The van der Waals surface area contributed by atoms with Crippen LogP contribution in [0, 0.1) is 0 Å². The molecule has 1 fully saturated rings. The maximum absolute atomic E-state index is 13.7. The van der Waals surface area contributed by atoms with E-state index in [1.54, 1.807) is 11.6 Å². The van der Waals surface area contributed by atoms with Crippen LogP contribution in [0.1, 0.15) is 24.5 Å². The van der Waals surface area contributed by atoms with E-state index in [2.05, 4.69) is 22.9 Å². The minimum Gasteiger partial charge on any atom is -0.298 e. The van der Waals surface area contributed by atoms with Gasteiger partial charge in [-0.15, -0.1) is 0 Å². The van der Waals surface area contributed by atoms with Crippen molar-refractivity contribution < 1.29 is 4.57 Å². The summed E-state index contributed by atoms with van der Waals surface area (Å²) in [6, 6.07) is 19.2. The van der Waals surface area contributed by atoms with E-state index in [9.17, 15) is 4.57 Å². The van der Waals surface area contributed by atoms with Crippen molar-refractivity contribution in [2.75, 3.05) is 0 Å². The smallest absolute Gasteiger partial charge is 0.194 e. The normalized spacial score (nSPS) is 23.2. The maximum atomic E-state index is 13.7. The number of benzene rings is 2. The van der Waals surface area contributed by atoms with Crippen LogP contribution in [0.15, 0.2) is 72.3 Å². The lowest BCUT2D eigenvalue weighted by Gasteiger charge is -2.19. The van der Waals surface area contributed by atoms with Gasteiger partial charge >= 0.3 is 0 Å². The summed E-state index contributed by atoms with van der Waals surface area (Å²) in [7, 11) is -3.18. The number of rotatable bonds is 6. The van der Waals surface area contributed by atoms with E-state index in [1.165, 1.54) is 0 Å². The number of nitrogens with one attached hydrogen (secondary N) is 3. The lowest BCUT2D eigenvalue weighted by molar-refractivity contribution is 0.511. The highest BCUT2D eigenvalue weighted by molar-refractivity contribution is 7.68. The Balaban J connectivity index is 1.94. The van der Waals surface area contributed by atoms with Gasteiger partial charge in [0.25, 0.3) is 0 Å². The van der Waals surface area contributed by atoms with Gasteiger partial charge in [-0.2, -0.15) is 0 Å². The number of hydrogen-bond donors (Lipinski definition) is 3. The molecule has 1 saturated heterocycles. The highest BCUT2D eigenvalue weighted by Gasteiger charge is 2.27. The van der Waals surface area contributed by atoms with Crippen LogP contribution in [-0.4, -0.2) is 12.2 Å². The number of halogens is 2. The molecule has 7 heteroatoms. The Morgan fingerprint density at radius 1 is 0.963 bits per heavy atom. The number of hydrazine groups is 1. The summed E-state index contributed by atoms with van der Waals surface area (Å²) in [6.45, 7) is 2.05. The average Bonchev–Trinajstić information content (AvgIpc) is 3.07. The predicted molar refractivity (Wildman–Crippen MR) is 115 cm³/mol. The number of hydrogen-bond acceptors (Lipinski definition) is 3. The van der Waals surface area contributed by atoms with Gasteiger partial charge in [-0.25, -0.2) is 10.5 Å². The molecule has 4 nitrogen and oxygen atoms in total. The first-order valence-corrected chi connectivity index (χ1v) is 11.3. The monoisotopic (exact) mass is 421 g/mol. The molecule has 0 saturated carbocycles. The molecule has 1 aliphatic rings. The molecule has 3 unspecified atom stereocenters. The van der Waals surface area contributed by atoms with Crippen molar-refractivity contribution in [1.82, 2.24) is 15.9 Å². The van der Waals surface area contributed by atoms with E-state index in [1.807, 2.05) is 60.7 Å². The third kappa shape index (κ3) is 5.79. The van der Waals surface area contributed by atoms with Gasteiger partial charge in [-0.05, 0) is 24.5 Å². The van der Waals surface area contributed by atoms with Gasteiger partial charge in [0.05, 0.1) is 16.2 Å². The highest BCUT2D eigenvalue weighted by Crippen LogP contribution is 2.51. The van der Waals surface area contributed by atoms with Crippen LogP contribution in [0.3, 0.4) is 0 Å². The van der Waals surface area contributed by atoms with Crippen LogP contribution in [0.5, 0.6) is 0 Å². The second-order valence-electron chi connectivity index (χ2n) is 6.50. The Morgan fingerprint density at radius 2 is 1.44 bits per heavy atom. The van der Waals surface area contributed by atoms with Gasteiger partial charge in [-0.1, -0.05) is 83.9 Å². The molecule has 3 N–H and O–H groups in total. The standard InChI is InChI=1S/C20H22Cl2N3OP/c1-15-12-20(24-23-15)25-27(26,13-18(21)16-8-4-2-5-9-16)14-19(22)17-10-6-3-7-11-17/h2-11,13-15,20,23-24H,12H2,1H3,(H,25,26)/b18-13-,19-14+. The lowest BCUT2D eigenvalue weighted by atomic mass is 10.2. The summed E-state index contributed by atoms with van der Waals surface area (Å²) in [5.41, 5.74) is 7.84. The second kappa shape index (κ2) is 9.20. The van der Waals surface area contributed by atoms with Crippen molar-refractivity contribution in [1.29, 1.82) is 0 Å². The van der Waals surface area contributed by atoms with Crippen molar-refractivity contribution in [3.8, 4) is 0 Å². The third-order valence-corrected chi connectivity index (χ3v) is 7.12. The van der Waals surface area contributed by atoms with Gasteiger partial charge in [0.1, 0.15) is 0 Å². The van der Waals surface area contributed by atoms with Gasteiger partial charge in [0, 0.05) is 17.7 Å². The molecule has 3 atom stereocenters. The molecular weight excluding hydrogens is 400 g/mol. The van der Waals surface area contributed by atoms with Crippen LogP contribution in [-0.2, 0) is 4.57 Å². The van der Waals surface area contributed by atoms with Crippen LogP contribution >= 0.6 is 30.5 Å². The van der Waals surface area contributed by atoms with Gasteiger partial charge in [-0.3, -0.25) is 9.99 Å². The molecule has 1 heterocycles. The molecule has 0 aliphatic carbocycles. The Hall–Kier alpha value is -1.39. The lowest BCUT2D eigenvalue weighted by Crippen LogP contribution is -2.39. The van der Waals surface area contributed by atoms with Gasteiger partial charge in [0.2, 0.25) is 0 Å². The van der Waals surface area contributed by atoms with E-state index < -0.39 is 7.29 Å². The zero-order valence-electron chi connectivity index (χ0n) is 14.9. The van der Waals surface area contributed by atoms with Crippen molar-refractivity contribution in [3.05, 3.63) is 83.4 Å². The SMILES string of the molecule is CC1CC(NP(=O)(/C=C(\Cl)c2ccccc2)/C=C(/Cl)c2ccccc2)NN1. The first kappa shape index (κ1) is 20.3. The highest BCUT2D eigenvalue weighted by atomic mass is 35.5. The molecule has 2 aromatic rings. The largest absolute Gasteiger partial charge is 0.298 e. The minimum absolute atomic E-state index is 0.154. The van der Waals surface area contributed by atoms with Gasteiger partial charge < -0.3 is 0 Å². The molecule has 1 aliphatic heterocycles. The van der Waals surface area contributed by atoms with Gasteiger partial charge in [0.15, 0.2) is 7.29 Å². The van der Waals surface area contributed by atoms with Crippen LogP contribution < -0.4 is 15.9 Å². The third-order valence-electron chi connectivity index (χ3n) is 4.16. The van der Waals surface area contributed by atoms with Crippen molar-refractivity contribution in [2.45, 2.75) is 25.6 Å². The molecule has 2 aromatic carbocycles. The Morgan fingerprint density at radius 3 is 1.85 bits per heavy atom. The summed E-state index contributed by atoms with van der Waals surface area (Å²) >= 11 is 12.9. The molecule has 0 radical (unpaired) electrons. The zero-order chi connectivity index (χ0) is 19.3. The summed E-state index contributed by atoms with van der Waals surface area (Å²) in [5.74, 6) is 3.14. The molecular formula is C20H22Cl2N3OP. The summed E-state index contributed by atoms with van der Waals surface area (Å²) in [5, 5.41) is 4.02. The van der Waals surface area contributed by atoms with E-state index in [-0.39, 0.29) is 12.2 Å². The van der Waals surface area contributed by atoms with Crippen molar-refractivity contribution in [2.24, 2.45) is 0 Å². The first-order valence-electron chi connectivity index (χ1n) is 8.71. The van der Waals surface area contributed by atoms with Crippen molar-refractivity contribution >= 4 is 40.6 Å². The molecule has 27 heavy (non-hydrogen) atoms. The van der Waals surface area contributed by atoms with Crippen LogP contribution in [0.4, 0.5) is 0 Å². The molecule has 0 amide bonds. The maximum Gasteiger partial charge on any atom is 0.194 e. The summed E-state index contributed by atoms with van der Waals surface area (Å²) in [4.78, 5) is 0. The molecule has 3 rings (SSSR count). The molecule has 0 bridgehead atoms. The van der Waals surface area contributed by atoms with Crippen LogP contribution in [0.2, 0.25) is 0 Å². The predicted octanol–water partition coefficient (Wildman–Crippen LogP) is 5.54. The van der Waals surface area contributed by atoms with E-state index in [0.717, 1.165) is 17.5 Å². The average molecular weight is 422 g/mol. The second-order valence-corrected chi connectivity index (χ2v) is 9.51. The Labute approximate surface area is 170 Å². The van der Waals surface area contributed by atoms with E-state index >= 15 is 0 Å². The quantitative estimate of drug-likeness (QED) is 0.535. The fourth-order valence-electron chi connectivity index (χ4n) is 2.84. The first-order chi connectivity index (χ1) is 13.0. The van der Waals surface area contributed by atoms with Crippen LogP contribution in [0.25, 0.3) is 10.1 Å². The fraction of sp³-hybridized carbons (Fsp3) is 0.200. The molecule has 0 aromatic heterocycles. The van der Waals surface area contributed by atoms with Crippen molar-refractivity contribution in [3.63, 3.8) is 0 Å². The summed E-state index contributed by atoms with van der Waals surface area (Å²) < 4.78 is 13.7. The topological polar surface area (TPSA) is 53.2 Å². The van der Waals surface area contributed by atoms with E-state index in [0.29, 0.717) is 10.1 Å². The molecule has 142 valence electrons. The zero-order valence-corrected chi connectivity index (χ0v) is 17.3. The summed E-state index contributed by atoms with van der Waals surface area (Å²) in [6.07, 6.45) is 0.635.